The summed E-state index contributed by atoms with van der Waals surface area (Å²) in [7, 11) is 0. The van der Waals surface area contributed by atoms with E-state index in [1.54, 1.807) is 6.20 Å². The Balaban J connectivity index is 1.63. The second-order valence-corrected chi connectivity index (χ2v) is 7.38. The van der Waals surface area contributed by atoms with Gasteiger partial charge in [0, 0.05) is 23.6 Å². The molecule has 0 atom stereocenters. The topological polar surface area (TPSA) is 42.0 Å². The summed E-state index contributed by atoms with van der Waals surface area (Å²) in [5, 5.41) is 2.65. The summed E-state index contributed by atoms with van der Waals surface area (Å²) in [5.41, 5.74) is 0.408. The lowest BCUT2D eigenvalue weighted by Crippen LogP contribution is -2.07. The molecule has 3 rings (SSSR count). The van der Waals surface area contributed by atoms with Crippen LogP contribution >= 0.6 is 22.9 Å². The average molecular weight is 423 g/mol. The average Bonchev–Trinajstić information content (AvgIpc) is 3.07. The Kier molecular flexibility index (Phi) is 6.16. The van der Waals surface area contributed by atoms with Gasteiger partial charge in [-0.3, -0.25) is 10.1 Å². The van der Waals surface area contributed by atoms with Crippen molar-refractivity contribution in [2.75, 3.05) is 5.32 Å². The molecule has 3 nitrogen and oxygen atoms in total. The highest BCUT2D eigenvalue weighted by molar-refractivity contribution is 7.15. The number of hydrogen-bond donors (Lipinski definition) is 1. The number of amides is 1. The molecule has 0 fully saturated rings. The van der Waals surface area contributed by atoms with Gasteiger partial charge in [-0.1, -0.05) is 48.0 Å². The zero-order chi connectivity index (χ0) is 20.1. The number of halogens is 4. The summed E-state index contributed by atoms with van der Waals surface area (Å²) >= 11 is 6.92. The number of hydrogen-bond acceptors (Lipinski definition) is 3. The van der Waals surface area contributed by atoms with Crippen LogP contribution in [-0.4, -0.2) is 10.9 Å². The van der Waals surface area contributed by atoms with E-state index in [4.69, 9.17) is 11.6 Å². The van der Waals surface area contributed by atoms with E-state index in [9.17, 15) is 18.0 Å². The molecule has 3 aromatic rings. The third kappa shape index (κ3) is 5.43. The first-order chi connectivity index (χ1) is 13.3. The summed E-state index contributed by atoms with van der Waals surface area (Å²) in [4.78, 5) is 17.2. The minimum absolute atomic E-state index is 0.218. The summed E-state index contributed by atoms with van der Waals surface area (Å²) in [6.07, 6.45) is 0.279. The molecule has 0 bridgehead atoms. The lowest BCUT2D eigenvalue weighted by atomic mass is 10.1. The minimum atomic E-state index is -4.56. The molecule has 0 saturated carbocycles. The number of carbonyl (C=O) groups is 1. The van der Waals surface area contributed by atoms with Gasteiger partial charge < -0.3 is 0 Å². The summed E-state index contributed by atoms with van der Waals surface area (Å²) in [6, 6.07) is 13.3. The first-order valence-electron chi connectivity index (χ1n) is 8.16. The Hall–Kier alpha value is -2.64. The van der Waals surface area contributed by atoms with E-state index in [1.807, 2.05) is 30.3 Å². The number of alkyl halides is 3. The van der Waals surface area contributed by atoms with Gasteiger partial charge in [-0.15, -0.1) is 11.3 Å². The lowest BCUT2D eigenvalue weighted by molar-refractivity contribution is -0.137. The molecular weight excluding hydrogens is 409 g/mol. The maximum atomic E-state index is 12.9. The smallest absolute Gasteiger partial charge is 0.298 e. The van der Waals surface area contributed by atoms with Crippen LogP contribution in [0.1, 0.15) is 21.6 Å². The molecule has 0 aliphatic rings. The van der Waals surface area contributed by atoms with E-state index < -0.39 is 17.6 Å². The summed E-state index contributed by atoms with van der Waals surface area (Å²) in [6.45, 7) is 0. The largest absolute Gasteiger partial charge is 0.417 e. The number of anilines is 1. The molecule has 1 aromatic heterocycles. The molecule has 0 saturated heterocycles. The predicted octanol–water partition coefficient (Wildman–Crippen LogP) is 6.06. The number of rotatable bonds is 5. The molecule has 28 heavy (non-hydrogen) atoms. The lowest BCUT2D eigenvalue weighted by Gasteiger charge is -2.09. The molecule has 8 heteroatoms. The minimum Gasteiger partial charge on any atom is -0.298 e. The van der Waals surface area contributed by atoms with Gasteiger partial charge in [-0.05, 0) is 29.3 Å². The van der Waals surface area contributed by atoms with Crippen LogP contribution in [0.4, 0.5) is 18.3 Å². The van der Waals surface area contributed by atoms with E-state index in [1.165, 1.54) is 23.5 Å². The molecule has 144 valence electrons. The molecule has 1 N–H and O–H groups in total. The van der Waals surface area contributed by atoms with Crippen molar-refractivity contribution in [3.8, 4) is 0 Å². The second kappa shape index (κ2) is 8.58. The van der Waals surface area contributed by atoms with E-state index >= 15 is 0 Å². The van der Waals surface area contributed by atoms with Gasteiger partial charge in [0.2, 0.25) is 5.91 Å². The van der Waals surface area contributed by atoms with Gasteiger partial charge in [0.25, 0.3) is 0 Å². The second-order valence-electron chi connectivity index (χ2n) is 5.85. The third-order valence-electron chi connectivity index (χ3n) is 3.73. The highest BCUT2D eigenvalue weighted by Crippen LogP contribution is 2.35. The zero-order valence-electron chi connectivity index (χ0n) is 14.3. The van der Waals surface area contributed by atoms with Crippen molar-refractivity contribution in [2.24, 2.45) is 0 Å². The Morgan fingerprint density at radius 3 is 2.64 bits per heavy atom. The summed E-state index contributed by atoms with van der Waals surface area (Å²) in [5.74, 6) is -0.482. The normalized spacial score (nSPS) is 11.7. The number of benzene rings is 2. The van der Waals surface area contributed by atoms with Crippen LogP contribution in [0.5, 0.6) is 0 Å². The van der Waals surface area contributed by atoms with E-state index in [0.29, 0.717) is 11.6 Å². The Labute approximate surface area is 168 Å². The molecule has 0 radical (unpaired) electrons. The zero-order valence-corrected chi connectivity index (χ0v) is 15.9. The van der Waals surface area contributed by atoms with Crippen LogP contribution in [0.3, 0.4) is 0 Å². The van der Waals surface area contributed by atoms with E-state index in [0.717, 1.165) is 28.6 Å². The third-order valence-corrected chi connectivity index (χ3v) is 4.97. The predicted molar refractivity (Wildman–Crippen MR) is 105 cm³/mol. The van der Waals surface area contributed by atoms with Crippen molar-refractivity contribution in [1.82, 2.24) is 4.98 Å². The van der Waals surface area contributed by atoms with Crippen molar-refractivity contribution in [3.63, 3.8) is 0 Å². The van der Waals surface area contributed by atoms with Crippen LogP contribution in [0.15, 0.2) is 60.8 Å². The fourth-order valence-corrected chi connectivity index (χ4v) is 3.50. The molecule has 0 aliphatic heterocycles. The monoisotopic (exact) mass is 422 g/mol. The number of nitrogens with zero attached hydrogens (tertiary/aromatic N) is 1. The first kappa shape index (κ1) is 20.1. The van der Waals surface area contributed by atoms with Crippen molar-refractivity contribution >= 4 is 40.1 Å². The molecular formula is C20H14ClF3N2OS. The van der Waals surface area contributed by atoms with Gasteiger partial charge in [0.1, 0.15) is 0 Å². The first-order valence-corrected chi connectivity index (χ1v) is 9.35. The van der Waals surface area contributed by atoms with E-state index in [-0.39, 0.29) is 10.6 Å². The molecule has 2 aromatic carbocycles. The highest BCUT2D eigenvalue weighted by Gasteiger charge is 2.33. The maximum absolute atomic E-state index is 12.9. The fraction of sp³-hybridized carbons (Fsp3) is 0.100. The standard InChI is InChI=1S/C20H14ClF3N2OS/c21-17-8-6-14(11-16(17)20(22,23)24)7-9-18(27)26-19-25-12-15(28-19)10-13-4-2-1-3-5-13/h1-9,11-12H,10H2,(H,25,26,27)/b9-7+. The van der Waals surface area contributed by atoms with Gasteiger partial charge in [0.15, 0.2) is 5.13 Å². The quantitative estimate of drug-likeness (QED) is 0.508. The van der Waals surface area contributed by atoms with Crippen molar-refractivity contribution in [3.05, 3.63) is 87.4 Å². The van der Waals surface area contributed by atoms with Crippen LogP contribution in [0.25, 0.3) is 6.08 Å². The van der Waals surface area contributed by atoms with Crippen LogP contribution in [-0.2, 0) is 17.4 Å². The molecule has 1 heterocycles. The maximum Gasteiger partial charge on any atom is 0.417 e. The number of aromatic nitrogens is 1. The van der Waals surface area contributed by atoms with Crippen LogP contribution in [0, 0.1) is 0 Å². The fourth-order valence-electron chi connectivity index (χ4n) is 2.43. The Morgan fingerprint density at radius 2 is 1.93 bits per heavy atom. The van der Waals surface area contributed by atoms with E-state index in [2.05, 4.69) is 10.3 Å². The molecule has 1 amide bonds. The summed E-state index contributed by atoms with van der Waals surface area (Å²) < 4.78 is 38.6. The number of nitrogens with one attached hydrogen (secondary N) is 1. The van der Waals surface area contributed by atoms with Gasteiger partial charge in [0.05, 0.1) is 10.6 Å². The van der Waals surface area contributed by atoms with Crippen LogP contribution in [0.2, 0.25) is 5.02 Å². The molecule has 0 aliphatic carbocycles. The SMILES string of the molecule is O=C(/C=C/c1ccc(Cl)c(C(F)(F)F)c1)Nc1ncc(Cc2ccccc2)s1. The van der Waals surface area contributed by atoms with Gasteiger partial charge >= 0.3 is 6.18 Å². The van der Waals surface area contributed by atoms with Crippen molar-refractivity contribution in [1.29, 1.82) is 0 Å². The van der Waals surface area contributed by atoms with Crippen LogP contribution < -0.4 is 5.32 Å². The number of carbonyl (C=O) groups excluding carboxylic acids is 1. The Bertz CT molecular complexity index is 1000. The van der Waals surface area contributed by atoms with Gasteiger partial charge in [-0.25, -0.2) is 4.98 Å². The number of thiazole rings is 1. The van der Waals surface area contributed by atoms with Gasteiger partial charge in [-0.2, -0.15) is 13.2 Å². The Morgan fingerprint density at radius 1 is 1.18 bits per heavy atom. The molecule has 0 spiro atoms. The highest BCUT2D eigenvalue weighted by atomic mass is 35.5. The van der Waals surface area contributed by atoms with Crippen molar-refractivity contribution < 1.29 is 18.0 Å². The molecule has 0 unspecified atom stereocenters. The van der Waals surface area contributed by atoms with Crippen molar-refractivity contribution in [2.45, 2.75) is 12.6 Å².